The molecule has 0 saturated heterocycles. The number of nitrogens with one attached hydrogen (secondary N) is 1. The van der Waals surface area contributed by atoms with E-state index in [-0.39, 0.29) is 6.04 Å². The van der Waals surface area contributed by atoms with Crippen LogP contribution in [0.2, 0.25) is 0 Å². The molecule has 96 valence electrons. The first-order valence-electron chi connectivity index (χ1n) is 6.45. The molecule has 0 radical (unpaired) electrons. The first-order chi connectivity index (χ1) is 8.72. The SMILES string of the molecule is CCNC(c1ccc(C(C)C)cc1)c1nccs1. The number of nitrogens with zero attached hydrogens (tertiary/aromatic N) is 1. The third-order valence-corrected chi connectivity index (χ3v) is 3.88. The lowest BCUT2D eigenvalue weighted by molar-refractivity contribution is 0.626. The minimum atomic E-state index is 0.219. The Kier molecular flexibility index (Phi) is 4.50. The van der Waals surface area contributed by atoms with E-state index in [2.05, 4.69) is 55.3 Å². The van der Waals surface area contributed by atoms with Gasteiger partial charge in [-0.25, -0.2) is 4.98 Å². The predicted octanol–water partition coefficient (Wildman–Crippen LogP) is 3.97. The molecule has 0 saturated carbocycles. The monoisotopic (exact) mass is 260 g/mol. The molecule has 1 unspecified atom stereocenters. The van der Waals surface area contributed by atoms with Crippen LogP contribution in [0.5, 0.6) is 0 Å². The average molecular weight is 260 g/mol. The van der Waals surface area contributed by atoms with Gasteiger partial charge in [-0.1, -0.05) is 45.0 Å². The zero-order chi connectivity index (χ0) is 13.0. The zero-order valence-electron chi connectivity index (χ0n) is 11.2. The summed E-state index contributed by atoms with van der Waals surface area (Å²) in [5, 5.41) is 6.66. The smallest absolute Gasteiger partial charge is 0.114 e. The van der Waals surface area contributed by atoms with Gasteiger partial charge in [0, 0.05) is 11.6 Å². The number of benzene rings is 1. The van der Waals surface area contributed by atoms with Gasteiger partial charge in [0.1, 0.15) is 5.01 Å². The van der Waals surface area contributed by atoms with Gasteiger partial charge in [0.15, 0.2) is 0 Å². The second-order valence-corrected chi connectivity index (χ2v) is 5.61. The van der Waals surface area contributed by atoms with E-state index < -0.39 is 0 Å². The Hall–Kier alpha value is -1.19. The molecule has 0 aliphatic heterocycles. The first-order valence-corrected chi connectivity index (χ1v) is 7.33. The van der Waals surface area contributed by atoms with Gasteiger partial charge in [-0.05, 0) is 23.6 Å². The van der Waals surface area contributed by atoms with E-state index in [1.807, 2.05) is 11.6 Å². The van der Waals surface area contributed by atoms with Crippen molar-refractivity contribution in [2.24, 2.45) is 0 Å². The fraction of sp³-hybridized carbons (Fsp3) is 0.400. The van der Waals surface area contributed by atoms with Crippen LogP contribution >= 0.6 is 11.3 Å². The van der Waals surface area contributed by atoms with Crippen LogP contribution in [0, 0.1) is 0 Å². The summed E-state index contributed by atoms with van der Waals surface area (Å²) in [4.78, 5) is 4.43. The Morgan fingerprint density at radius 3 is 2.33 bits per heavy atom. The summed E-state index contributed by atoms with van der Waals surface area (Å²) < 4.78 is 0. The molecule has 1 N–H and O–H groups in total. The second-order valence-electron chi connectivity index (χ2n) is 4.68. The molecule has 0 spiro atoms. The Morgan fingerprint density at radius 2 is 1.83 bits per heavy atom. The molecule has 3 heteroatoms. The van der Waals surface area contributed by atoms with Crippen molar-refractivity contribution in [3.63, 3.8) is 0 Å². The molecule has 18 heavy (non-hydrogen) atoms. The normalized spacial score (nSPS) is 12.9. The van der Waals surface area contributed by atoms with E-state index >= 15 is 0 Å². The van der Waals surface area contributed by atoms with Crippen LogP contribution in [-0.4, -0.2) is 11.5 Å². The van der Waals surface area contributed by atoms with E-state index in [1.54, 1.807) is 11.3 Å². The van der Waals surface area contributed by atoms with Crippen molar-refractivity contribution < 1.29 is 0 Å². The van der Waals surface area contributed by atoms with Gasteiger partial charge in [0.25, 0.3) is 0 Å². The lowest BCUT2D eigenvalue weighted by Gasteiger charge is -2.16. The standard InChI is InChI=1S/C15H20N2S/c1-4-16-14(15-17-9-10-18-15)13-7-5-12(6-8-13)11(2)3/h5-11,14,16H,4H2,1-3H3. The highest BCUT2D eigenvalue weighted by molar-refractivity contribution is 7.09. The Balaban J connectivity index is 2.26. The van der Waals surface area contributed by atoms with Crippen molar-refractivity contribution in [2.45, 2.75) is 32.7 Å². The number of aromatic nitrogens is 1. The molecule has 0 aliphatic rings. The molecule has 0 amide bonds. The molecule has 0 fully saturated rings. The van der Waals surface area contributed by atoms with Crippen LogP contribution in [0.4, 0.5) is 0 Å². The summed E-state index contributed by atoms with van der Waals surface area (Å²) in [7, 11) is 0. The zero-order valence-corrected chi connectivity index (χ0v) is 12.0. The highest BCUT2D eigenvalue weighted by Gasteiger charge is 2.15. The third kappa shape index (κ3) is 2.98. The van der Waals surface area contributed by atoms with Crippen LogP contribution in [0.25, 0.3) is 0 Å². The van der Waals surface area contributed by atoms with Gasteiger partial charge in [-0.2, -0.15) is 0 Å². The molecule has 0 aliphatic carbocycles. The highest BCUT2D eigenvalue weighted by Crippen LogP contribution is 2.25. The summed E-state index contributed by atoms with van der Waals surface area (Å²) >= 11 is 1.70. The van der Waals surface area contributed by atoms with Gasteiger partial charge in [-0.15, -0.1) is 11.3 Å². The average Bonchev–Trinajstić information content (AvgIpc) is 2.90. The van der Waals surface area contributed by atoms with Crippen LogP contribution in [0.3, 0.4) is 0 Å². The number of rotatable bonds is 5. The van der Waals surface area contributed by atoms with E-state index in [0.29, 0.717) is 5.92 Å². The van der Waals surface area contributed by atoms with Crippen LogP contribution < -0.4 is 5.32 Å². The number of hydrogen-bond acceptors (Lipinski definition) is 3. The van der Waals surface area contributed by atoms with Gasteiger partial charge in [-0.3, -0.25) is 0 Å². The summed E-state index contributed by atoms with van der Waals surface area (Å²) in [5.74, 6) is 0.580. The van der Waals surface area contributed by atoms with Gasteiger partial charge < -0.3 is 5.32 Å². The third-order valence-electron chi connectivity index (χ3n) is 3.04. The lowest BCUT2D eigenvalue weighted by Crippen LogP contribution is -2.21. The summed E-state index contributed by atoms with van der Waals surface area (Å²) in [6.45, 7) is 7.51. The quantitative estimate of drug-likeness (QED) is 0.880. The molecule has 1 aromatic carbocycles. The molecule has 1 heterocycles. The topological polar surface area (TPSA) is 24.9 Å². The molecular weight excluding hydrogens is 240 g/mol. The lowest BCUT2D eigenvalue weighted by atomic mass is 9.99. The molecule has 2 aromatic rings. The van der Waals surface area contributed by atoms with E-state index in [0.717, 1.165) is 11.6 Å². The van der Waals surface area contributed by atoms with Crippen LogP contribution in [0.1, 0.15) is 48.9 Å². The maximum Gasteiger partial charge on any atom is 0.114 e. The number of hydrogen-bond donors (Lipinski definition) is 1. The van der Waals surface area contributed by atoms with E-state index in [1.165, 1.54) is 11.1 Å². The van der Waals surface area contributed by atoms with Crippen molar-refractivity contribution >= 4 is 11.3 Å². The Labute approximate surface area is 113 Å². The van der Waals surface area contributed by atoms with E-state index in [4.69, 9.17) is 0 Å². The van der Waals surface area contributed by atoms with Crippen molar-refractivity contribution in [3.05, 3.63) is 52.0 Å². The fourth-order valence-corrected chi connectivity index (χ4v) is 2.74. The van der Waals surface area contributed by atoms with Gasteiger partial charge in [0.05, 0.1) is 6.04 Å². The van der Waals surface area contributed by atoms with Crippen LogP contribution in [-0.2, 0) is 0 Å². The molecule has 1 atom stereocenters. The van der Waals surface area contributed by atoms with Crippen molar-refractivity contribution in [2.75, 3.05) is 6.54 Å². The summed E-state index contributed by atoms with van der Waals surface area (Å²) in [6.07, 6.45) is 1.87. The first kappa shape index (κ1) is 13.2. The molecule has 1 aromatic heterocycles. The maximum atomic E-state index is 4.43. The minimum absolute atomic E-state index is 0.219. The van der Waals surface area contributed by atoms with Crippen molar-refractivity contribution in [1.82, 2.24) is 10.3 Å². The fourth-order valence-electron chi connectivity index (χ4n) is 2.00. The van der Waals surface area contributed by atoms with Crippen LogP contribution in [0.15, 0.2) is 35.8 Å². The molecule has 2 nitrogen and oxygen atoms in total. The molecule has 0 bridgehead atoms. The Bertz CT molecular complexity index is 460. The molecular formula is C15H20N2S. The molecule has 2 rings (SSSR count). The number of thiazole rings is 1. The predicted molar refractivity (Wildman–Crippen MR) is 78.2 cm³/mol. The largest absolute Gasteiger partial charge is 0.305 e. The second kappa shape index (κ2) is 6.12. The van der Waals surface area contributed by atoms with Gasteiger partial charge >= 0.3 is 0 Å². The maximum absolute atomic E-state index is 4.43. The summed E-state index contributed by atoms with van der Waals surface area (Å²) in [5.41, 5.74) is 2.67. The Morgan fingerprint density at radius 1 is 1.17 bits per heavy atom. The summed E-state index contributed by atoms with van der Waals surface area (Å²) in [6, 6.07) is 9.08. The highest BCUT2D eigenvalue weighted by atomic mass is 32.1. The van der Waals surface area contributed by atoms with Gasteiger partial charge in [0.2, 0.25) is 0 Å². The minimum Gasteiger partial charge on any atom is -0.305 e. The van der Waals surface area contributed by atoms with Crippen molar-refractivity contribution in [1.29, 1.82) is 0 Å². The van der Waals surface area contributed by atoms with E-state index in [9.17, 15) is 0 Å². The van der Waals surface area contributed by atoms with Crippen molar-refractivity contribution in [3.8, 4) is 0 Å².